The molecule has 0 radical (unpaired) electrons. The third kappa shape index (κ3) is 5.61. The SMILES string of the molecule is CC(C)CC(NC(=O)OCC1c2ccccc2-c2ccccc21)C(=O)NOCC(=O)O. The second-order valence-corrected chi connectivity index (χ2v) is 7.80. The highest BCUT2D eigenvalue weighted by molar-refractivity contribution is 5.85. The highest BCUT2D eigenvalue weighted by atomic mass is 16.7. The summed E-state index contributed by atoms with van der Waals surface area (Å²) in [4.78, 5) is 39.9. The number of aliphatic carboxylic acids is 1. The summed E-state index contributed by atoms with van der Waals surface area (Å²) in [7, 11) is 0. The van der Waals surface area contributed by atoms with E-state index in [2.05, 4.69) is 15.6 Å². The maximum absolute atomic E-state index is 12.5. The van der Waals surface area contributed by atoms with E-state index in [9.17, 15) is 14.4 Å². The molecular formula is C23H26N2O6. The fourth-order valence-electron chi connectivity index (χ4n) is 3.73. The Morgan fingerprint density at radius 3 is 2.13 bits per heavy atom. The molecule has 0 aromatic heterocycles. The second kappa shape index (κ2) is 10.1. The van der Waals surface area contributed by atoms with Crippen LogP contribution in [0.4, 0.5) is 4.79 Å². The number of ether oxygens (including phenoxy) is 1. The molecule has 1 aliphatic carbocycles. The second-order valence-electron chi connectivity index (χ2n) is 7.80. The number of hydrogen-bond donors (Lipinski definition) is 3. The van der Waals surface area contributed by atoms with Crippen molar-refractivity contribution >= 4 is 18.0 Å². The first-order valence-corrected chi connectivity index (χ1v) is 10.1. The van der Waals surface area contributed by atoms with Crippen LogP contribution in [0.25, 0.3) is 11.1 Å². The number of rotatable bonds is 9. The topological polar surface area (TPSA) is 114 Å². The fourth-order valence-corrected chi connectivity index (χ4v) is 3.73. The highest BCUT2D eigenvalue weighted by Gasteiger charge is 2.30. The first-order chi connectivity index (χ1) is 14.9. The molecular weight excluding hydrogens is 400 g/mol. The van der Waals surface area contributed by atoms with E-state index in [0.29, 0.717) is 6.42 Å². The lowest BCUT2D eigenvalue weighted by Crippen LogP contribution is -2.48. The minimum atomic E-state index is -1.22. The van der Waals surface area contributed by atoms with Crippen LogP contribution in [0.5, 0.6) is 0 Å². The normalized spacial score (nSPS) is 13.3. The minimum Gasteiger partial charge on any atom is -0.479 e. The molecule has 2 amide bonds. The predicted octanol–water partition coefficient (Wildman–Crippen LogP) is 3.07. The number of hydroxylamine groups is 1. The molecule has 0 saturated heterocycles. The van der Waals surface area contributed by atoms with E-state index >= 15 is 0 Å². The smallest absolute Gasteiger partial charge is 0.407 e. The Kier molecular flexibility index (Phi) is 7.25. The summed E-state index contributed by atoms with van der Waals surface area (Å²) in [5, 5.41) is 11.2. The van der Waals surface area contributed by atoms with E-state index in [-0.39, 0.29) is 18.4 Å². The van der Waals surface area contributed by atoms with Crippen LogP contribution in [-0.2, 0) is 19.2 Å². The van der Waals surface area contributed by atoms with Crippen molar-refractivity contribution in [3.05, 3.63) is 59.7 Å². The van der Waals surface area contributed by atoms with Gasteiger partial charge in [-0.15, -0.1) is 0 Å². The van der Waals surface area contributed by atoms with Crippen molar-refractivity contribution in [1.29, 1.82) is 0 Å². The van der Waals surface area contributed by atoms with Crippen molar-refractivity contribution in [1.82, 2.24) is 10.8 Å². The molecule has 31 heavy (non-hydrogen) atoms. The van der Waals surface area contributed by atoms with Gasteiger partial charge in [0.1, 0.15) is 12.6 Å². The van der Waals surface area contributed by atoms with Crippen LogP contribution in [0, 0.1) is 5.92 Å². The van der Waals surface area contributed by atoms with E-state index in [1.54, 1.807) is 0 Å². The Bertz CT molecular complexity index is 913. The standard InChI is InChI=1S/C23H26N2O6/c1-14(2)11-20(22(28)25-31-13-21(26)27)24-23(29)30-12-19-17-9-5-3-7-15(17)16-8-4-6-10-18(16)19/h3-10,14,19-20H,11-13H2,1-2H3,(H,24,29)(H,25,28)(H,26,27). The van der Waals surface area contributed by atoms with E-state index < -0.39 is 30.6 Å². The number of carboxylic acid groups (broad SMARTS) is 1. The van der Waals surface area contributed by atoms with Crippen LogP contribution in [0.15, 0.2) is 48.5 Å². The van der Waals surface area contributed by atoms with Crippen LogP contribution in [-0.4, -0.2) is 42.3 Å². The Labute approximate surface area is 180 Å². The van der Waals surface area contributed by atoms with Gasteiger partial charge in [0, 0.05) is 5.92 Å². The number of amides is 2. The van der Waals surface area contributed by atoms with Gasteiger partial charge in [-0.2, -0.15) is 0 Å². The van der Waals surface area contributed by atoms with Gasteiger partial charge in [0.15, 0.2) is 6.61 Å². The number of alkyl carbamates (subject to hydrolysis) is 1. The molecule has 1 unspecified atom stereocenters. The largest absolute Gasteiger partial charge is 0.479 e. The number of carbonyl (C=O) groups is 3. The summed E-state index contributed by atoms with van der Waals surface area (Å²) in [6, 6.07) is 15.1. The Morgan fingerprint density at radius 2 is 1.58 bits per heavy atom. The summed E-state index contributed by atoms with van der Waals surface area (Å²) in [6.45, 7) is 3.26. The van der Waals surface area contributed by atoms with E-state index in [0.717, 1.165) is 22.3 Å². The van der Waals surface area contributed by atoms with E-state index in [1.807, 2.05) is 62.4 Å². The van der Waals surface area contributed by atoms with Gasteiger partial charge in [-0.25, -0.2) is 15.1 Å². The molecule has 3 N–H and O–H groups in total. The summed E-state index contributed by atoms with van der Waals surface area (Å²) in [6.07, 6.45) is -0.382. The van der Waals surface area contributed by atoms with Gasteiger partial charge >= 0.3 is 12.1 Å². The van der Waals surface area contributed by atoms with Gasteiger partial charge < -0.3 is 15.2 Å². The molecule has 0 aliphatic heterocycles. The average molecular weight is 426 g/mol. The first kappa shape index (κ1) is 22.3. The number of nitrogens with one attached hydrogen (secondary N) is 2. The van der Waals surface area contributed by atoms with Crippen LogP contribution >= 0.6 is 0 Å². The number of carbonyl (C=O) groups excluding carboxylic acids is 2. The lowest BCUT2D eigenvalue weighted by molar-refractivity contribution is -0.150. The molecule has 1 atom stereocenters. The minimum absolute atomic E-state index is 0.0885. The quantitative estimate of drug-likeness (QED) is 0.531. The maximum Gasteiger partial charge on any atom is 0.407 e. The van der Waals surface area contributed by atoms with E-state index in [1.165, 1.54) is 0 Å². The summed E-state index contributed by atoms with van der Waals surface area (Å²) < 4.78 is 5.48. The Balaban J connectivity index is 1.62. The van der Waals surface area contributed by atoms with Crippen molar-refractivity contribution in [3.63, 3.8) is 0 Å². The molecule has 0 fully saturated rings. The Hall–Kier alpha value is -3.39. The van der Waals surface area contributed by atoms with Crippen molar-refractivity contribution < 1.29 is 29.1 Å². The van der Waals surface area contributed by atoms with Gasteiger partial charge in [0.2, 0.25) is 0 Å². The molecule has 0 bridgehead atoms. The summed E-state index contributed by atoms with van der Waals surface area (Å²) >= 11 is 0. The first-order valence-electron chi connectivity index (χ1n) is 10.1. The van der Waals surface area contributed by atoms with Gasteiger partial charge in [0.25, 0.3) is 5.91 Å². The molecule has 0 heterocycles. The maximum atomic E-state index is 12.5. The number of carboxylic acids is 1. The summed E-state index contributed by atoms with van der Waals surface area (Å²) in [5.74, 6) is -1.84. The van der Waals surface area contributed by atoms with Crippen LogP contribution in [0.1, 0.15) is 37.3 Å². The van der Waals surface area contributed by atoms with Crippen molar-refractivity contribution in [2.45, 2.75) is 32.2 Å². The molecule has 1 aliphatic rings. The molecule has 0 saturated carbocycles. The van der Waals surface area contributed by atoms with Gasteiger partial charge in [-0.05, 0) is 34.6 Å². The molecule has 3 rings (SSSR count). The zero-order valence-electron chi connectivity index (χ0n) is 17.5. The number of hydrogen-bond acceptors (Lipinski definition) is 5. The molecule has 8 nitrogen and oxygen atoms in total. The molecule has 8 heteroatoms. The number of benzene rings is 2. The van der Waals surface area contributed by atoms with Crippen LogP contribution in [0.3, 0.4) is 0 Å². The van der Waals surface area contributed by atoms with Crippen LogP contribution in [0.2, 0.25) is 0 Å². The third-order valence-electron chi connectivity index (χ3n) is 5.03. The Morgan fingerprint density at radius 1 is 1.00 bits per heavy atom. The van der Waals surface area contributed by atoms with Gasteiger partial charge in [-0.3, -0.25) is 9.63 Å². The van der Waals surface area contributed by atoms with Gasteiger partial charge in [0.05, 0.1) is 0 Å². The zero-order chi connectivity index (χ0) is 22.4. The van der Waals surface area contributed by atoms with Crippen LogP contribution < -0.4 is 10.8 Å². The van der Waals surface area contributed by atoms with Gasteiger partial charge in [-0.1, -0.05) is 62.4 Å². The molecule has 2 aromatic carbocycles. The summed E-state index contributed by atoms with van der Waals surface area (Å²) in [5.41, 5.74) is 6.49. The molecule has 164 valence electrons. The highest BCUT2D eigenvalue weighted by Crippen LogP contribution is 2.44. The van der Waals surface area contributed by atoms with Crippen molar-refractivity contribution in [3.8, 4) is 11.1 Å². The monoisotopic (exact) mass is 426 g/mol. The third-order valence-corrected chi connectivity index (χ3v) is 5.03. The number of fused-ring (bicyclic) bond motifs is 3. The fraction of sp³-hybridized carbons (Fsp3) is 0.348. The predicted molar refractivity (Wildman–Crippen MR) is 113 cm³/mol. The molecule has 0 spiro atoms. The lowest BCUT2D eigenvalue weighted by atomic mass is 9.98. The van der Waals surface area contributed by atoms with Crippen molar-refractivity contribution in [2.24, 2.45) is 5.92 Å². The van der Waals surface area contributed by atoms with Crippen molar-refractivity contribution in [2.75, 3.05) is 13.2 Å². The average Bonchev–Trinajstić information content (AvgIpc) is 3.05. The lowest BCUT2D eigenvalue weighted by Gasteiger charge is -2.20. The van der Waals surface area contributed by atoms with E-state index in [4.69, 9.17) is 9.84 Å². The zero-order valence-corrected chi connectivity index (χ0v) is 17.5. The molecule has 2 aromatic rings.